The molecule has 0 aliphatic rings. The first-order valence-electron chi connectivity index (χ1n) is 4.86. The number of nitrogens with two attached hydrogens (primary N) is 1. The third-order valence-electron chi connectivity index (χ3n) is 2.38. The fourth-order valence-electron chi connectivity index (χ4n) is 1.20. The number of thiazole rings is 1. The number of nitrogens with zero attached hydrogens (tertiary/aromatic N) is 2. The minimum Gasteiger partial charge on any atom is -0.393 e. The van der Waals surface area contributed by atoms with Gasteiger partial charge in [0.1, 0.15) is 0 Å². The lowest BCUT2D eigenvalue weighted by Crippen LogP contribution is -2.31. The zero-order valence-electron chi connectivity index (χ0n) is 9.57. The molecule has 3 nitrogen and oxygen atoms in total. The highest BCUT2D eigenvalue weighted by Gasteiger charge is 2.13. The van der Waals surface area contributed by atoms with E-state index >= 15 is 0 Å². The minimum absolute atomic E-state index is 0.217. The number of aryl methyl sites for hydroxylation is 2. The summed E-state index contributed by atoms with van der Waals surface area (Å²) in [5.41, 5.74) is 6.69. The molecule has 0 aliphatic heterocycles. The maximum atomic E-state index is 5.59. The number of hydrogen-bond acceptors (Lipinski definition) is 4. The van der Waals surface area contributed by atoms with Gasteiger partial charge in [0.15, 0.2) is 5.13 Å². The van der Waals surface area contributed by atoms with Gasteiger partial charge in [-0.25, -0.2) is 4.98 Å². The number of thiocarbonyl (C=S) groups is 1. The van der Waals surface area contributed by atoms with Crippen LogP contribution in [0.15, 0.2) is 0 Å². The van der Waals surface area contributed by atoms with E-state index in [-0.39, 0.29) is 5.92 Å². The van der Waals surface area contributed by atoms with Gasteiger partial charge in [-0.3, -0.25) is 0 Å². The number of hydrogen-bond donors (Lipinski definition) is 1. The van der Waals surface area contributed by atoms with Crippen LogP contribution in [0.4, 0.5) is 5.13 Å². The maximum Gasteiger partial charge on any atom is 0.185 e. The van der Waals surface area contributed by atoms with Crippen LogP contribution >= 0.6 is 23.6 Å². The Morgan fingerprint density at radius 1 is 1.60 bits per heavy atom. The zero-order valence-corrected chi connectivity index (χ0v) is 11.2. The molecule has 0 aromatic carbocycles. The van der Waals surface area contributed by atoms with Crippen LogP contribution in [0.25, 0.3) is 0 Å². The van der Waals surface area contributed by atoms with Crippen molar-refractivity contribution in [2.45, 2.75) is 20.8 Å². The van der Waals surface area contributed by atoms with Crippen LogP contribution in [0, 0.1) is 19.8 Å². The zero-order chi connectivity index (χ0) is 11.6. The van der Waals surface area contributed by atoms with Gasteiger partial charge in [0, 0.05) is 24.4 Å². The first-order chi connectivity index (χ1) is 6.91. The van der Waals surface area contributed by atoms with E-state index < -0.39 is 0 Å². The molecule has 0 spiro atoms. The van der Waals surface area contributed by atoms with E-state index in [9.17, 15) is 0 Å². The summed E-state index contributed by atoms with van der Waals surface area (Å²) in [6.45, 7) is 6.97. The standard InChI is InChI=1S/C10H17N3S2/c1-6(9(11)14)5-13(4)10-12-7(2)8(3)15-10/h6H,5H2,1-4H3,(H2,11,14). The first kappa shape index (κ1) is 12.4. The maximum absolute atomic E-state index is 5.59. The molecule has 1 aromatic rings. The summed E-state index contributed by atoms with van der Waals surface area (Å²) in [7, 11) is 2.02. The Labute approximate surface area is 100 Å². The van der Waals surface area contributed by atoms with E-state index in [0.29, 0.717) is 4.99 Å². The van der Waals surface area contributed by atoms with E-state index in [1.807, 2.05) is 20.9 Å². The van der Waals surface area contributed by atoms with E-state index in [1.54, 1.807) is 11.3 Å². The van der Waals surface area contributed by atoms with Crippen LogP contribution in [0.2, 0.25) is 0 Å². The molecule has 5 heteroatoms. The van der Waals surface area contributed by atoms with Crippen molar-refractivity contribution < 1.29 is 0 Å². The summed E-state index contributed by atoms with van der Waals surface area (Å²) in [5.74, 6) is 0.217. The molecule has 0 saturated heterocycles. The van der Waals surface area contributed by atoms with E-state index in [2.05, 4.69) is 16.8 Å². The van der Waals surface area contributed by atoms with Crippen LogP contribution in [0.5, 0.6) is 0 Å². The van der Waals surface area contributed by atoms with Crippen molar-refractivity contribution in [2.75, 3.05) is 18.5 Å². The first-order valence-corrected chi connectivity index (χ1v) is 6.08. The Morgan fingerprint density at radius 2 is 2.20 bits per heavy atom. The van der Waals surface area contributed by atoms with Gasteiger partial charge in [0.2, 0.25) is 0 Å². The van der Waals surface area contributed by atoms with Crippen molar-refractivity contribution in [3.8, 4) is 0 Å². The molecule has 1 atom stereocenters. The Hall–Kier alpha value is -0.680. The van der Waals surface area contributed by atoms with E-state index in [0.717, 1.165) is 17.4 Å². The molecular weight excluding hydrogens is 226 g/mol. The number of anilines is 1. The van der Waals surface area contributed by atoms with Crippen LogP contribution < -0.4 is 10.6 Å². The highest BCUT2D eigenvalue weighted by molar-refractivity contribution is 7.80. The van der Waals surface area contributed by atoms with Crippen molar-refractivity contribution in [3.05, 3.63) is 10.6 Å². The van der Waals surface area contributed by atoms with E-state index in [1.165, 1.54) is 4.88 Å². The summed E-state index contributed by atoms with van der Waals surface area (Å²) >= 11 is 6.66. The highest BCUT2D eigenvalue weighted by atomic mass is 32.1. The minimum atomic E-state index is 0.217. The van der Waals surface area contributed by atoms with Crippen molar-refractivity contribution in [2.24, 2.45) is 11.7 Å². The molecule has 0 bridgehead atoms. The predicted octanol–water partition coefficient (Wildman–Crippen LogP) is 2.12. The summed E-state index contributed by atoms with van der Waals surface area (Å²) in [6, 6.07) is 0. The quantitative estimate of drug-likeness (QED) is 0.823. The van der Waals surface area contributed by atoms with Gasteiger partial charge in [-0.15, -0.1) is 11.3 Å². The lowest BCUT2D eigenvalue weighted by Gasteiger charge is -2.19. The molecule has 84 valence electrons. The highest BCUT2D eigenvalue weighted by Crippen LogP contribution is 2.24. The number of aromatic nitrogens is 1. The average Bonchev–Trinajstić information content (AvgIpc) is 2.46. The molecule has 0 amide bonds. The fourth-order valence-corrected chi connectivity index (χ4v) is 2.15. The van der Waals surface area contributed by atoms with Gasteiger partial charge < -0.3 is 10.6 Å². The van der Waals surface area contributed by atoms with E-state index in [4.69, 9.17) is 18.0 Å². The molecule has 0 aliphatic carbocycles. The molecule has 1 heterocycles. The third kappa shape index (κ3) is 3.14. The van der Waals surface area contributed by atoms with Crippen LogP contribution in [-0.4, -0.2) is 23.6 Å². The lowest BCUT2D eigenvalue weighted by atomic mass is 10.2. The topological polar surface area (TPSA) is 42.2 Å². The van der Waals surface area contributed by atoms with Gasteiger partial charge in [0.25, 0.3) is 0 Å². The smallest absolute Gasteiger partial charge is 0.185 e. The summed E-state index contributed by atoms with van der Waals surface area (Å²) < 4.78 is 0. The molecular formula is C10H17N3S2. The second-order valence-corrected chi connectivity index (χ2v) is 5.48. The SMILES string of the molecule is Cc1nc(N(C)CC(C)C(N)=S)sc1C. The number of rotatable bonds is 4. The molecule has 1 unspecified atom stereocenters. The largest absolute Gasteiger partial charge is 0.393 e. The molecule has 0 fully saturated rings. The third-order valence-corrected chi connectivity index (χ3v) is 3.97. The van der Waals surface area contributed by atoms with Crippen LogP contribution in [0.3, 0.4) is 0 Å². The Kier molecular flexibility index (Phi) is 4.04. The Morgan fingerprint density at radius 3 is 2.60 bits per heavy atom. The Balaban J connectivity index is 2.68. The van der Waals surface area contributed by atoms with Crippen molar-refractivity contribution in [1.82, 2.24) is 4.98 Å². The second kappa shape index (κ2) is 4.90. The summed E-state index contributed by atoms with van der Waals surface area (Å²) in [6.07, 6.45) is 0. The van der Waals surface area contributed by atoms with Gasteiger partial charge in [-0.1, -0.05) is 19.1 Å². The van der Waals surface area contributed by atoms with Crippen molar-refractivity contribution in [1.29, 1.82) is 0 Å². The molecule has 2 N–H and O–H groups in total. The average molecular weight is 243 g/mol. The van der Waals surface area contributed by atoms with Crippen LogP contribution in [-0.2, 0) is 0 Å². The lowest BCUT2D eigenvalue weighted by molar-refractivity contribution is 0.740. The van der Waals surface area contributed by atoms with Gasteiger partial charge in [0.05, 0.1) is 10.7 Å². The van der Waals surface area contributed by atoms with Crippen LogP contribution in [0.1, 0.15) is 17.5 Å². The van der Waals surface area contributed by atoms with Gasteiger partial charge in [-0.2, -0.15) is 0 Å². The van der Waals surface area contributed by atoms with Crippen molar-refractivity contribution >= 4 is 33.7 Å². The second-order valence-electron chi connectivity index (χ2n) is 3.82. The van der Waals surface area contributed by atoms with Gasteiger partial charge in [-0.05, 0) is 13.8 Å². The molecule has 0 radical (unpaired) electrons. The Bertz CT molecular complexity index is 340. The monoisotopic (exact) mass is 243 g/mol. The molecule has 1 rings (SSSR count). The van der Waals surface area contributed by atoms with Gasteiger partial charge >= 0.3 is 0 Å². The molecule has 15 heavy (non-hydrogen) atoms. The molecule has 1 aromatic heterocycles. The van der Waals surface area contributed by atoms with Crippen molar-refractivity contribution in [3.63, 3.8) is 0 Å². The summed E-state index contributed by atoms with van der Waals surface area (Å²) in [4.78, 5) is 8.41. The summed E-state index contributed by atoms with van der Waals surface area (Å²) in [5, 5.41) is 1.04. The normalized spacial score (nSPS) is 12.5. The fraction of sp³-hybridized carbons (Fsp3) is 0.600. The predicted molar refractivity (Wildman–Crippen MR) is 70.8 cm³/mol. The molecule has 0 saturated carbocycles.